The summed E-state index contributed by atoms with van der Waals surface area (Å²) in [6.07, 6.45) is 1.57. The highest BCUT2D eigenvalue weighted by Crippen LogP contribution is 2.24. The Kier molecular flexibility index (Phi) is 8.18. The first-order valence-corrected chi connectivity index (χ1v) is 11.2. The molecule has 34 heavy (non-hydrogen) atoms. The van der Waals surface area contributed by atoms with Gasteiger partial charge in [-0.2, -0.15) is 5.10 Å². The summed E-state index contributed by atoms with van der Waals surface area (Å²) < 4.78 is 17.2. The van der Waals surface area contributed by atoms with Crippen LogP contribution >= 0.6 is 11.6 Å². The van der Waals surface area contributed by atoms with Gasteiger partial charge in [0.1, 0.15) is 23.9 Å². The van der Waals surface area contributed by atoms with Gasteiger partial charge in [0.2, 0.25) is 0 Å². The van der Waals surface area contributed by atoms with Crippen LogP contribution in [0.1, 0.15) is 36.1 Å². The van der Waals surface area contributed by atoms with E-state index in [4.69, 9.17) is 25.8 Å². The summed E-state index contributed by atoms with van der Waals surface area (Å²) in [6, 6.07) is 18.5. The lowest BCUT2D eigenvalue weighted by Crippen LogP contribution is -2.44. The first-order valence-electron chi connectivity index (χ1n) is 10.8. The van der Waals surface area contributed by atoms with Gasteiger partial charge >= 0.3 is 0 Å². The highest BCUT2D eigenvalue weighted by molar-refractivity contribution is 6.30. The first-order chi connectivity index (χ1) is 16.2. The summed E-state index contributed by atoms with van der Waals surface area (Å²) in [4.78, 5) is 12.6. The molecule has 178 valence electrons. The van der Waals surface area contributed by atoms with Gasteiger partial charge in [-0.3, -0.25) is 4.79 Å². The highest BCUT2D eigenvalue weighted by Gasteiger charge is 2.29. The molecule has 0 aliphatic rings. The van der Waals surface area contributed by atoms with Crippen molar-refractivity contribution >= 4 is 23.7 Å². The Labute approximate surface area is 205 Å². The number of ether oxygens (including phenoxy) is 3. The number of hydrogen-bond donors (Lipinski definition) is 1. The molecular formula is C27H29ClN2O4. The number of nitrogens with zero attached hydrogens (tertiary/aromatic N) is 1. The molecule has 1 N–H and O–H groups in total. The van der Waals surface area contributed by atoms with Crippen LogP contribution in [0.25, 0.3) is 0 Å². The molecule has 0 saturated carbocycles. The molecule has 3 aromatic rings. The van der Waals surface area contributed by atoms with Gasteiger partial charge in [0.15, 0.2) is 5.60 Å². The van der Waals surface area contributed by atoms with Crippen LogP contribution < -0.4 is 19.6 Å². The van der Waals surface area contributed by atoms with Crippen molar-refractivity contribution in [3.63, 3.8) is 0 Å². The Balaban J connectivity index is 1.64. The molecule has 0 spiro atoms. The predicted molar refractivity (Wildman–Crippen MR) is 135 cm³/mol. The molecule has 3 aromatic carbocycles. The summed E-state index contributed by atoms with van der Waals surface area (Å²) in [7, 11) is 1.62. The number of hydrazone groups is 1. The fourth-order valence-corrected chi connectivity index (χ4v) is 3.44. The summed E-state index contributed by atoms with van der Waals surface area (Å²) in [5.41, 5.74) is 5.34. The molecule has 0 aliphatic carbocycles. The van der Waals surface area contributed by atoms with Crippen LogP contribution in [-0.4, -0.2) is 24.8 Å². The van der Waals surface area contributed by atoms with E-state index in [9.17, 15) is 4.79 Å². The summed E-state index contributed by atoms with van der Waals surface area (Å²) >= 11 is 5.90. The minimum absolute atomic E-state index is 0.335. The largest absolute Gasteiger partial charge is 0.496 e. The van der Waals surface area contributed by atoms with E-state index in [0.29, 0.717) is 23.1 Å². The van der Waals surface area contributed by atoms with Gasteiger partial charge in [0.05, 0.1) is 13.3 Å². The number of aryl methyl sites for hydroxylation is 2. The second-order valence-corrected chi connectivity index (χ2v) is 8.89. The van der Waals surface area contributed by atoms with Crippen molar-refractivity contribution in [3.8, 4) is 17.2 Å². The smallest absolute Gasteiger partial charge is 0.283 e. The van der Waals surface area contributed by atoms with Crippen LogP contribution in [0.4, 0.5) is 0 Å². The predicted octanol–water partition coefficient (Wildman–Crippen LogP) is 5.85. The lowest BCUT2D eigenvalue weighted by atomic mass is 10.1. The van der Waals surface area contributed by atoms with E-state index >= 15 is 0 Å². The standard InChI is InChI=1S/C27H29ClN2O4/c1-18-12-19(2)14-24(13-18)33-17-21-15-20(6-11-25(21)32-5)16-29-30-26(31)27(3,4)34-23-9-7-22(28)8-10-23/h6-16H,17H2,1-5H3,(H,30,31)/b29-16-. The summed E-state index contributed by atoms with van der Waals surface area (Å²) in [5, 5.41) is 4.69. The lowest BCUT2D eigenvalue weighted by molar-refractivity contribution is -0.134. The van der Waals surface area contributed by atoms with Crippen LogP contribution in [0.2, 0.25) is 5.02 Å². The van der Waals surface area contributed by atoms with E-state index in [-0.39, 0.29) is 5.91 Å². The molecule has 6 nitrogen and oxygen atoms in total. The molecule has 0 radical (unpaired) electrons. The number of rotatable bonds is 9. The summed E-state index contributed by atoms with van der Waals surface area (Å²) in [6.45, 7) is 7.74. The third kappa shape index (κ3) is 6.99. The molecular weight excluding hydrogens is 452 g/mol. The van der Waals surface area contributed by atoms with Gasteiger partial charge in [-0.1, -0.05) is 17.7 Å². The monoisotopic (exact) mass is 480 g/mol. The molecule has 0 aliphatic heterocycles. The van der Waals surface area contributed by atoms with Crippen molar-refractivity contribution in [1.82, 2.24) is 5.43 Å². The zero-order valence-electron chi connectivity index (χ0n) is 20.0. The number of carbonyl (C=O) groups excluding carboxylic acids is 1. The van der Waals surface area contributed by atoms with Crippen LogP contribution in [-0.2, 0) is 11.4 Å². The van der Waals surface area contributed by atoms with Gasteiger partial charge in [0.25, 0.3) is 5.91 Å². The maximum absolute atomic E-state index is 12.6. The number of hydrogen-bond acceptors (Lipinski definition) is 5. The number of nitrogens with one attached hydrogen (secondary N) is 1. The van der Waals surface area contributed by atoms with Crippen LogP contribution in [0, 0.1) is 13.8 Å². The Bertz CT molecular complexity index is 1150. The van der Waals surface area contributed by atoms with E-state index in [1.807, 2.05) is 44.2 Å². The average Bonchev–Trinajstić information content (AvgIpc) is 2.78. The molecule has 0 fully saturated rings. The molecule has 0 saturated heterocycles. The van der Waals surface area contributed by atoms with E-state index in [2.05, 4.69) is 16.6 Å². The zero-order chi connectivity index (χ0) is 24.7. The average molecular weight is 481 g/mol. The Morgan fingerprint density at radius 3 is 2.32 bits per heavy atom. The van der Waals surface area contributed by atoms with Gasteiger partial charge in [-0.05, 0) is 99.0 Å². The number of carbonyl (C=O) groups is 1. The topological polar surface area (TPSA) is 69.2 Å². The van der Waals surface area contributed by atoms with Gasteiger partial charge in [-0.15, -0.1) is 0 Å². The van der Waals surface area contributed by atoms with Crippen LogP contribution in [0.3, 0.4) is 0 Å². The molecule has 0 atom stereocenters. The third-order valence-electron chi connectivity index (χ3n) is 5.01. The van der Waals surface area contributed by atoms with Crippen molar-refractivity contribution in [3.05, 3.63) is 87.9 Å². The van der Waals surface area contributed by atoms with Crippen LogP contribution in [0.5, 0.6) is 17.2 Å². The maximum atomic E-state index is 12.6. The number of halogens is 1. The summed E-state index contributed by atoms with van der Waals surface area (Å²) in [5.74, 6) is 1.67. The fourth-order valence-electron chi connectivity index (χ4n) is 3.31. The molecule has 7 heteroatoms. The van der Waals surface area contributed by atoms with Gasteiger partial charge < -0.3 is 14.2 Å². The quantitative estimate of drug-likeness (QED) is 0.308. The van der Waals surface area contributed by atoms with E-state index in [1.54, 1.807) is 51.4 Å². The van der Waals surface area contributed by atoms with Crippen LogP contribution in [0.15, 0.2) is 65.8 Å². The maximum Gasteiger partial charge on any atom is 0.283 e. The van der Waals surface area contributed by atoms with E-state index < -0.39 is 5.60 Å². The lowest BCUT2D eigenvalue weighted by Gasteiger charge is -2.24. The third-order valence-corrected chi connectivity index (χ3v) is 5.26. The normalized spacial score (nSPS) is 11.4. The molecule has 0 bridgehead atoms. The van der Waals surface area contributed by atoms with Crippen molar-refractivity contribution < 1.29 is 19.0 Å². The van der Waals surface area contributed by atoms with Crippen molar-refractivity contribution in [2.24, 2.45) is 5.10 Å². The fraction of sp³-hybridized carbons (Fsp3) is 0.259. The highest BCUT2D eigenvalue weighted by atomic mass is 35.5. The van der Waals surface area contributed by atoms with E-state index in [0.717, 1.165) is 28.0 Å². The Morgan fingerprint density at radius 2 is 1.68 bits per heavy atom. The number of methoxy groups -OCH3 is 1. The molecule has 3 rings (SSSR count). The van der Waals surface area contributed by atoms with Crippen molar-refractivity contribution in [2.75, 3.05) is 7.11 Å². The van der Waals surface area contributed by atoms with Gasteiger partial charge in [-0.25, -0.2) is 5.43 Å². The van der Waals surface area contributed by atoms with Crippen molar-refractivity contribution in [2.45, 2.75) is 39.9 Å². The second kappa shape index (κ2) is 11.1. The molecule has 0 heterocycles. The zero-order valence-corrected chi connectivity index (χ0v) is 20.8. The second-order valence-electron chi connectivity index (χ2n) is 8.45. The SMILES string of the molecule is COc1ccc(/C=N\NC(=O)C(C)(C)Oc2ccc(Cl)cc2)cc1COc1cc(C)cc(C)c1. The Morgan fingerprint density at radius 1 is 1.00 bits per heavy atom. The number of benzene rings is 3. The Hall–Kier alpha value is -3.51. The minimum atomic E-state index is -1.13. The molecule has 0 unspecified atom stereocenters. The first kappa shape index (κ1) is 25.1. The molecule has 1 amide bonds. The van der Waals surface area contributed by atoms with E-state index in [1.165, 1.54) is 0 Å². The molecule has 0 aromatic heterocycles. The van der Waals surface area contributed by atoms with Gasteiger partial charge in [0, 0.05) is 10.6 Å². The minimum Gasteiger partial charge on any atom is -0.496 e. The number of amides is 1. The van der Waals surface area contributed by atoms with Crippen molar-refractivity contribution in [1.29, 1.82) is 0 Å².